The molecule has 0 atom stereocenters. The van der Waals surface area contributed by atoms with Gasteiger partial charge in [-0.15, -0.1) is 0 Å². The van der Waals surface area contributed by atoms with Crippen molar-refractivity contribution in [2.75, 3.05) is 0 Å². The third kappa shape index (κ3) is 6.72. The summed E-state index contributed by atoms with van der Waals surface area (Å²) in [6.07, 6.45) is 0. The first-order valence-electron chi connectivity index (χ1n) is 13.6. The van der Waals surface area contributed by atoms with E-state index in [0.29, 0.717) is 0 Å². The van der Waals surface area contributed by atoms with Crippen LogP contribution in [0.5, 0.6) is 11.5 Å². The van der Waals surface area contributed by atoms with Gasteiger partial charge >= 0.3 is 0 Å². The average Bonchev–Trinajstić information content (AvgIpc) is 2.85. The molecule has 0 heterocycles. The maximum absolute atomic E-state index is 6.20. The van der Waals surface area contributed by atoms with Crippen LogP contribution >= 0.6 is 0 Å². The first-order valence-corrected chi connectivity index (χ1v) is 14.8. The molecule has 0 aliphatic carbocycles. The third-order valence-electron chi connectivity index (χ3n) is 6.93. The molecule has 0 bridgehead atoms. The summed E-state index contributed by atoms with van der Waals surface area (Å²) in [5.74, 6) is 1.72. The van der Waals surface area contributed by atoms with E-state index in [0.717, 1.165) is 11.5 Å². The Morgan fingerprint density at radius 3 is 0.895 bits per heavy atom. The monoisotopic (exact) mass is 523 g/mol. The van der Waals surface area contributed by atoms with E-state index in [-0.39, 0.29) is 27.1 Å². The lowest BCUT2D eigenvalue weighted by Crippen LogP contribution is -2.13. The molecule has 0 saturated carbocycles. The Hall–Kier alpha value is -2.97. The molecule has 0 fully saturated rings. The number of benzene rings is 4. The summed E-state index contributed by atoms with van der Waals surface area (Å²) in [6.45, 7) is 20.3. The van der Waals surface area contributed by atoms with Gasteiger partial charge in [-0.2, -0.15) is 0 Å². The zero-order valence-corrected chi connectivity index (χ0v) is 25.4. The zero-order chi connectivity index (χ0) is 27.7. The summed E-state index contributed by atoms with van der Waals surface area (Å²) < 4.78 is 6.20. The van der Waals surface area contributed by atoms with Crippen LogP contribution in [0.4, 0.5) is 0 Å². The second-order valence-corrected chi connectivity index (χ2v) is 15.2. The first-order chi connectivity index (χ1) is 17.7. The molecule has 0 radical (unpaired) electrons. The van der Waals surface area contributed by atoms with E-state index in [1.54, 1.807) is 0 Å². The Kier molecular flexibility index (Phi) is 7.86. The minimum Gasteiger partial charge on any atom is -0.457 e. The molecule has 0 spiro atoms. The molecule has 0 aromatic heterocycles. The maximum Gasteiger partial charge on any atom is 0.166 e. The Balaban J connectivity index is 1.65. The van der Waals surface area contributed by atoms with Crippen molar-refractivity contribution in [1.29, 1.82) is 0 Å². The maximum atomic E-state index is 6.20. The van der Waals surface area contributed by atoms with Gasteiger partial charge in [-0.25, -0.2) is 0 Å². The largest absolute Gasteiger partial charge is 0.457 e. The lowest BCUT2D eigenvalue weighted by atomic mass is 9.87. The third-order valence-corrected chi connectivity index (χ3v) is 9.16. The van der Waals surface area contributed by atoms with Gasteiger partial charge in [0.05, 0.1) is 10.9 Å². The van der Waals surface area contributed by atoms with Crippen LogP contribution in [0.15, 0.2) is 112 Å². The number of hydrogen-bond donors (Lipinski definition) is 0. The molecule has 198 valence electrons. The van der Waals surface area contributed by atoms with Gasteiger partial charge in [-0.1, -0.05) is 98.7 Å². The quantitative estimate of drug-likeness (QED) is 0.236. The highest BCUT2D eigenvalue weighted by Gasteiger charge is 2.30. The lowest BCUT2D eigenvalue weighted by Gasteiger charge is -2.20. The number of hydrogen-bond acceptors (Lipinski definition) is 1. The molecular formula is C36H43OS+. The highest BCUT2D eigenvalue weighted by Crippen LogP contribution is 2.35. The van der Waals surface area contributed by atoms with E-state index in [2.05, 4.69) is 159 Å². The van der Waals surface area contributed by atoms with Gasteiger partial charge in [0.2, 0.25) is 0 Å². The fraction of sp³-hybridized carbons (Fsp3) is 0.333. The average molecular weight is 524 g/mol. The van der Waals surface area contributed by atoms with Gasteiger partial charge in [0.25, 0.3) is 0 Å². The van der Waals surface area contributed by atoms with E-state index >= 15 is 0 Å². The molecule has 38 heavy (non-hydrogen) atoms. The molecule has 4 aromatic carbocycles. The van der Waals surface area contributed by atoms with Crippen molar-refractivity contribution >= 4 is 10.9 Å². The van der Waals surface area contributed by atoms with Gasteiger partial charge in [-0.3, -0.25) is 0 Å². The molecule has 0 N–H and O–H groups in total. The van der Waals surface area contributed by atoms with E-state index in [4.69, 9.17) is 4.74 Å². The standard InChI is InChI=1S/C36H43OS/c1-34(2,3)26-10-16-29(17-11-26)37-30-18-24-33(25-19-30)38(31-20-12-27(13-21-31)35(4,5)6)32-22-14-28(15-23-32)36(7,8)9/h10-25H,1-9H3/q+1. The van der Waals surface area contributed by atoms with Crippen molar-refractivity contribution in [2.45, 2.75) is 93.2 Å². The predicted molar refractivity (Wildman–Crippen MR) is 164 cm³/mol. The van der Waals surface area contributed by atoms with Gasteiger partial charge < -0.3 is 4.74 Å². The van der Waals surface area contributed by atoms with Crippen molar-refractivity contribution in [3.05, 3.63) is 114 Å². The van der Waals surface area contributed by atoms with Crippen molar-refractivity contribution in [3.8, 4) is 11.5 Å². The molecule has 0 saturated heterocycles. The van der Waals surface area contributed by atoms with Crippen LogP contribution in [0.25, 0.3) is 0 Å². The van der Waals surface area contributed by atoms with E-state index in [1.165, 1.54) is 31.4 Å². The van der Waals surface area contributed by atoms with Crippen molar-refractivity contribution in [2.24, 2.45) is 0 Å². The molecule has 1 nitrogen and oxygen atoms in total. The number of ether oxygens (including phenoxy) is 1. The van der Waals surface area contributed by atoms with Crippen LogP contribution < -0.4 is 4.74 Å². The topological polar surface area (TPSA) is 9.23 Å². The van der Waals surface area contributed by atoms with Crippen LogP contribution in [0.2, 0.25) is 0 Å². The molecule has 0 unspecified atom stereocenters. The molecular weight excluding hydrogens is 480 g/mol. The lowest BCUT2D eigenvalue weighted by molar-refractivity contribution is 0.481. The Bertz CT molecular complexity index is 1270. The molecule has 4 rings (SSSR count). The van der Waals surface area contributed by atoms with Gasteiger partial charge in [0, 0.05) is 0 Å². The van der Waals surface area contributed by atoms with Crippen molar-refractivity contribution in [3.63, 3.8) is 0 Å². The molecule has 4 aromatic rings. The van der Waals surface area contributed by atoms with Crippen LogP contribution in [0.3, 0.4) is 0 Å². The molecule has 0 aliphatic rings. The Morgan fingerprint density at radius 1 is 0.368 bits per heavy atom. The fourth-order valence-electron chi connectivity index (χ4n) is 4.39. The Morgan fingerprint density at radius 2 is 0.605 bits per heavy atom. The molecule has 0 amide bonds. The van der Waals surface area contributed by atoms with E-state index < -0.39 is 0 Å². The summed E-state index contributed by atoms with van der Waals surface area (Å²) in [5, 5.41) is 0. The van der Waals surface area contributed by atoms with Gasteiger partial charge in [0.1, 0.15) is 11.5 Å². The minimum atomic E-state index is -0.208. The zero-order valence-electron chi connectivity index (χ0n) is 24.6. The SMILES string of the molecule is CC(C)(C)c1ccc(Oc2ccc([S+](c3ccc(C(C)(C)C)cc3)c3ccc(C(C)(C)C)cc3)cc2)cc1. The molecule has 0 aliphatic heterocycles. The smallest absolute Gasteiger partial charge is 0.166 e. The van der Waals surface area contributed by atoms with Crippen molar-refractivity contribution < 1.29 is 4.74 Å². The van der Waals surface area contributed by atoms with Crippen LogP contribution in [0, 0.1) is 0 Å². The van der Waals surface area contributed by atoms with E-state index in [1.807, 2.05) is 0 Å². The Labute approximate surface area is 233 Å². The summed E-state index contributed by atoms with van der Waals surface area (Å²) in [7, 11) is -0.208. The van der Waals surface area contributed by atoms with Gasteiger partial charge in [-0.05, 0) is 93.6 Å². The highest BCUT2D eigenvalue weighted by molar-refractivity contribution is 7.97. The predicted octanol–water partition coefficient (Wildman–Crippen LogP) is 10.5. The second-order valence-electron chi connectivity index (χ2n) is 13.2. The van der Waals surface area contributed by atoms with Crippen LogP contribution in [-0.2, 0) is 27.1 Å². The number of rotatable bonds is 5. The van der Waals surface area contributed by atoms with Crippen LogP contribution in [0.1, 0.15) is 79.0 Å². The summed E-state index contributed by atoms with van der Waals surface area (Å²) in [5.41, 5.74) is 4.42. The highest BCUT2D eigenvalue weighted by atomic mass is 32.2. The molecule has 2 heteroatoms. The normalized spacial score (nSPS) is 12.6. The summed E-state index contributed by atoms with van der Waals surface area (Å²) >= 11 is 0. The van der Waals surface area contributed by atoms with E-state index in [9.17, 15) is 0 Å². The fourth-order valence-corrected chi connectivity index (χ4v) is 6.43. The summed E-state index contributed by atoms with van der Waals surface area (Å²) in [4.78, 5) is 3.94. The second kappa shape index (κ2) is 10.7. The summed E-state index contributed by atoms with van der Waals surface area (Å²) in [6, 6.07) is 35.5. The minimum absolute atomic E-state index is 0.131. The van der Waals surface area contributed by atoms with Crippen molar-refractivity contribution in [1.82, 2.24) is 0 Å². The van der Waals surface area contributed by atoms with Crippen LogP contribution in [-0.4, -0.2) is 0 Å². The van der Waals surface area contributed by atoms with Gasteiger partial charge in [0.15, 0.2) is 14.7 Å². The first kappa shape index (κ1) is 28.0.